The predicted octanol–water partition coefficient (Wildman–Crippen LogP) is 3.92. The standard InChI is InChI=1S/C14H19NOS/c16-14(15-10-6-1-2-7-11-15)17-12-13-8-4-3-5-9-13/h3-5,8-9H,1-2,6-7,10-12H2. The topological polar surface area (TPSA) is 20.3 Å². The van der Waals surface area contributed by atoms with Crippen molar-refractivity contribution in [3.05, 3.63) is 35.9 Å². The maximum Gasteiger partial charge on any atom is 0.281 e. The van der Waals surface area contributed by atoms with Crippen LogP contribution < -0.4 is 0 Å². The van der Waals surface area contributed by atoms with Crippen molar-refractivity contribution in [1.29, 1.82) is 0 Å². The molecule has 1 amide bonds. The SMILES string of the molecule is O=C(SCc1ccccc1)N1CCCCCC1. The van der Waals surface area contributed by atoms with Gasteiger partial charge in [0.15, 0.2) is 0 Å². The molecule has 92 valence electrons. The van der Waals surface area contributed by atoms with Crippen LogP contribution in [0.25, 0.3) is 0 Å². The normalized spacial score (nSPS) is 16.6. The van der Waals surface area contributed by atoms with Crippen LogP contribution in [0.2, 0.25) is 0 Å². The molecule has 2 rings (SSSR count). The van der Waals surface area contributed by atoms with Gasteiger partial charge in [0.1, 0.15) is 0 Å². The lowest BCUT2D eigenvalue weighted by Crippen LogP contribution is -2.28. The molecule has 1 fully saturated rings. The van der Waals surface area contributed by atoms with Gasteiger partial charge in [-0.1, -0.05) is 54.9 Å². The number of nitrogens with zero attached hydrogens (tertiary/aromatic N) is 1. The summed E-state index contributed by atoms with van der Waals surface area (Å²) >= 11 is 1.43. The van der Waals surface area contributed by atoms with Gasteiger partial charge in [0.25, 0.3) is 5.24 Å². The average molecular weight is 249 g/mol. The highest BCUT2D eigenvalue weighted by atomic mass is 32.2. The van der Waals surface area contributed by atoms with E-state index in [1.807, 2.05) is 23.1 Å². The highest BCUT2D eigenvalue weighted by molar-refractivity contribution is 8.12. The van der Waals surface area contributed by atoms with Crippen LogP contribution in [0.5, 0.6) is 0 Å². The summed E-state index contributed by atoms with van der Waals surface area (Å²) in [7, 11) is 0. The van der Waals surface area contributed by atoms with Gasteiger partial charge in [-0.25, -0.2) is 0 Å². The van der Waals surface area contributed by atoms with Crippen LogP contribution in [0, 0.1) is 0 Å². The third-order valence-corrected chi connectivity index (χ3v) is 4.05. The number of carbonyl (C=O) groups excluding carboxylic acids is 1. The van der Waals surface area contributed by atoms with E-state index < -0.39 is 0 Å². The summed E-state index contributed by atoms with van der Waals surface area (Å²) in [5.41, 5.74) is 1.22. The molecule has 17 heavy (non-hydrogen) atoms. The second-order valence-corrected chi connectivity index (χ2v) is 5.37. The summed E-state index contributed by atoms with van der Waals surface area (Å²) in [5.74, 6) is 0.788. The average Bonchev–Trinajstić information content (AvgIpc) is 2.66. The maximum absolute atomic E-state index is 12.0. The van der Waals surface area contributed by atoms with E-state index >= 15 is 0 Å². The van der Waals surface area contributed by atoms with Crippen LogP contribution in [0.1, 0.15) is 31.2 Å². The molecule has 0 unspecified atom stereocenters. The molecule has 2 nitrogen and oxygen atoms in total. The number of hydrogen-bond acceptors (Lipinski definition) is 2. The Morgan fingerprint density at radius 3 is 2.35 bits per heavy atom. The Hall–Kier alpha value is -0.960. The van der Waals surface area contributed by atoms with Gasteiger partial charge >= 0.3 is 0 Å². The summed E-state index contributed by atoms with van der Waals surface area (Å²) in [6.07, 6.45) is 4.87. The van der Waals surface area contributed by atoms with Gasteiger partial charge in [-0.05, 0) is 18.4 Å². The van der Waals surface area contributed by atoms with E-state index in [1.54, 1.807) is 0 Å². The number of amides is 1. The fourth-order valence-electron chi connectivity index (χ4n) is 2.06. The van der Waals surface area contributed by atoms with Gasteiger partial charge in [0, 0.05) is 18.8 Å². The Labute approximate surface area is 107 Å². The molecular formula is C14H19NOS. The van der Waals surface area contributed by atoms with Gasteiger partial charge in [-0.2, -0.15) is 0 Å². The van der Waals surface area contributed by atoms with E-state index in [1.165, 1.54) is 30.2 Å². The zero-order valence-corrected chi connectivity index (χ0v) is 10.9. The van der Waals surface area contributed by atoms with Gasteiger partial charge in [-0.3, -0.25) is 4.79 Å². The van der Waals surface area contributed by atoms with Crippen LogP contribution in [0.3, 0.4) is 0 Å². The maximum atomic E-state index is 12.0. The van der Waals surface area contributed by atoms with E-state index in [-0.39, 0.29) is 5.24 Å². The highest BCUT2D eigenvalue weighted by Crippen LogP contribution is 2.19. The van der Waals surface area contributed by atoms with Gasteiger partial charge in [0.05, 0.1) is 0 Å². The molecule has 0 radical (unpaired) electrons. The Morgan fingerprint density at radius 1 is 1.06 bits per heavy atom. The van der Waals surface area contributed by atoms with E-state index in [2.05, 4.69) is 12.1 Å². The molecule has 1 saturated heterocycles. The second-order valence-electron chi connectivity index (χ2n) is 4.44. The number of hydrogen-bond donors (Lipinski definition) is 0. The first-order valence-electron chi connectivity index (χ1n) is 6.32. The van der Waals surface area contributed by atoms with Crippen molar-refractivity contribution < 1.29 is 4.79 Å². The number of benzene rings is 1. The minimum absolute atomic E-state index is 0.246. The van der Waals surface area contributed by atoms with Gasteiger partial charge < -0.3 is 4.90 Å². The quantitative estimate of drug-likeness (QED) is 0.792. The largest absolute Gasteiger partial charge is 0.334 e. The first-order valence-corrected chi connectivity index (χ1v) is 7.30. The number of carbonyl (C=O) groups is 1. The van der Waals surface area contributed by atoms with Crippen molar-refractivity contribution in [2.24, 2.45) is 0 Å². The lowest BCUT2D eigenvalue weighted by Gasteiger charge is -2.19. The third-order valence-electron chi connectivity index (χ3n) is 3.07. The fourth-order valence-corrected chi connectivity index (χ4v) is 2.91. The molecule has 0 bridgehead atoms. The molecule has 0 N–H and O–H groups in total. The minimum Gasteiger partial charge on any atom is -0.334 e. The van der Waals surface area contributed by atoms with Crippen LogP contribution in [0.4, 0.5) is 4.79 Å². The molecule has 3 heteroatoms. The Kier molecular flexibility index (Phi) is 4.92. The van der Waals surface area contributed by atoms with Crippen LogP contribution in [-0.2, 0) is 5.75 Å². The minimum atomic E-state index is 0.246. The summed E-state index contributed by atoms with van der Waals surface area (Å²) < 4.78 is 0. The number of rotatable bonds is 2. The molecule has 0 aromatic heterocycles. The zero-order valence-electron chi connectivity index (χ0n) is 10.1. The molecule has 1 aromatic rings. The first-order chi connectivity index (χ1) is 8.36. The summed E-state index contributed by atoms with van der Waals surface area (Å²) in [4.78, 5) is 14.0. The molecular weight excluding hydrogens is 230 g/mol. The molecule has 1 aromatic carbocycles. The van der Waals surface area contributed by atoms with Crippen molar-refractivity contribution in [2.75, 3.05) is 13.1 Å². The summed E-state index contributed by atoms with van der Waals surface area (Å²) in [6, 6.07) is 10.2. The van der Waals surface area contributed by atoms with Gasteiger partial charge in [0.2, 0.25) is 0 Å². The predicted molar refractivity (Wildman–Crippen MR) is 73.2 cm³/mol. The molecule has 0 saturated carbocycles. The summed E-state index contributed by atoms with van der Waals surface area (Å²) in [5, 5.41) is 0.246. The Bertz CT molecular complexity index is 344. The summed E-state index contributed by atoms with van der Waals surface area (Å²) in [6.45, 7) is 1.89. The molecule has 1 aliphatic heterocycles. The van der Waals surface area contributed by atoms with E-state index in [0.29, 0.717) is 0 Å². The van der Waals surface area contributed by atoms with Crippen molar-refractivity contribution in [3.8, 4) is 0 Å². The van der Waals surface area contributed by atoms with Crippen molar-refractivity contribution in [2.45, 2.75) is 31.4 Å². The van der Waals surface area contributed by atoms with Gasteiger partial charge in [-0.15, -0.1) is 0 Å². The molecule has 1 heterocycles. The molecule has 1 aliphatic rings. The van der Waals surface area contributed by atoms with Crippen molar-refractivity contribution in [3.63, 3.8) is 0 Å². The first kappa shape index (κ1) is 12.5. The lowest BCUT2D eigenvalue weighted by molar-refractivity contribution is 0.225. The van der Waals surface area contributed by atoms with E-state index in [9.17, 15) is 4.79 Å². The van der Waals surface area contributed by atoms with E-state index in [0.717, 1.165) is 31.7 Å². The third kappa shape index (κ3) is 4.08. The number of likely N-dealkylation sites (tertiary alicyclic amines) is 1. The fraction of sp³-hybridized carbons (Fsp3) is 0.500. The second kappa shape index (κ2) is 6.70. The Morgan fingerprint density at radius 2 is 1.71 bits per heavy atom. The Balaban J connectivity index is 1.80. The monoisotopic (exact) mass is 249 g/mol. The van der Waals surface area contributed by atoms with Crippen molar-refractivity contribution in [1.82, 2.24) is 4.90 Å². The number of thioether (sulfide) groups is 1. The highest BCUT2D eigenvalue weighted by Gasteiger charge is 2.15. The van der Waals surface area contributed by atoms with Crippen molar-refractivity contribution >= 4 is 17.0 Å². The van der Waals surface area contributed by atoms with Crippen LogP contribution in [0.15, 0.2) is 30.3 Å². The lowest BCUT2D eigenvalue weighted by atomic mass is 10.2. The molecule has 0 spiro atoms. The molecule has 0 atom stereocenters. The van der Waals surface area contributed by atoms with E-state index in [4.69, 9.17) is 0 Å². The zero-order chi connectivity index (χ0) is 11.9. The smallest absolute Gasteiger partial charge is 0.281 e. The molecule has 0 aliphatic carbocycles. The van der Waals surface area contributed by atoms with Crippen LogP contribution >= 0.6 is 11.8 Å². The van der Waals surface area contributed by atoms with Crippen LogP contribution in [-0.4, -0.2) is 23.2 Å².